The Balaban J connectivity index is 2.51. The van der Waals surface area contributed by atoms with Crippen LogP contribution in [0.5, 0.6) is 0 Å². The lowest BCUT2D eigenvalue weighted by Crippen LogP contribution is -2.44. The highest BCUT2D eigenvalue weighted by molar-refractivity contribution is 5.66. The Bertz CT molecular complexity index is 180. The van der Waals surface area contributed by atoms with Gasteiger partial charge in [-0.3, -0.25) is 4.79 Å². The maximum atomic E-state index is 10.6. The van der Waals surface area contributed by atoms with E-state index in [2.05, 4.69) is 0 Å². The summed E-state index contributed by atoms with van der Waals surface area (Å²) in [5.41, 5.74) is 0. The first-order valence-corrected chi connectivity index (χ1v) is 4.03. The molecule has 1 rings (SSSR count). The fraction of sp³-hybridized carbons (Fsp3) is 0.875. The lowest BCUT2D eigenvalue weighted by molar-refractivity contribution is -0.386. The second-order valence-corrected chi connectivity index (χ2v) is 3.02. The van der Waals surface area contributed by atoms with E-state index in [1.165, 1.54) is 6.92 Å². The Morgan fingerprint density at radius 3 is 2.83 bits per heavy atom. The molecule has 0 aromatic carbocycles. The number of hydrogen-bond acceptors (Lipinski definition) is 4. The minimum atomic E-state index is -1.18. The summed E-state index contributed by atoms with van der Waals surface area (Å²) in [6.45, 7) is 5.41. The van der Waals surface area contributed by atoms with Crippen molar-refractivity contribution in [1.29, 1.82) is 0 Å². The van der Waals surface area contributed by atoms with Crippen molar-refractivity contribution in [2.75, 3.05) is 6.61 Å². The van der Waals surface area contributed by atoms with E-state index in [1.807, 2.05) is 6.92 Å². The minimum absolute atomic E-state index is 0.0723. The molecule has 0 spiro atoms. The van der Waals surface area contributed by atoms with Crippen LogP contribution >= 0.6 is 0 Å². The molecule has 0 radical (unpaired) electrons. The van der Waals surface area contributed by atoms with E-state index >= 15 is 0 Å². The Labute approximate surface area is 71.8 Å². The van der Waals surface area contributed by atoms with Gasteiger partial charge >= 0.3 is 11.9 Å². The van der Waals surface area contributed by atoms with Crippen LogP contribution in [0, 0.1) is 0 Å². The molecule has 1 fully saturated rings. The van der Waals surface area contributed by atoms with Crippen molar-refractivity contribution < 1.29 is 19.0 Å². The van der Waals surface area contributed by atoms with Gasteiger partial charge in [-0.05, 0) is 13.3 Å². The maximum absolute atomic E-state index is 10.6. The van der Waals surface area contributed by atoms with Crippen molar-refractivity contribution in [3.63, 3.8) is 0 Å². The Kier molecular flexibility index (Phi) is 2.69. The van der Waals surface area contributed by atoms with Gasteiger partial charge in [-0.25, -0.2) is 0 Å². The normalized spacial score (nSPS) is 36.1. The zero-order chi connectivity index (χ0) is 9.19. The fourth-order valence-electron chi connectivity index (χ4n) is 1.18. The maximum Gasteiger partial charge on any atom is 0.326 e. The molecule has 0 aromatic heterocycles. The standard InChI is InChI=1S/C8H14O4/c1-6-4-5-10-8(3,11-6)12-7(2)9/h6H,4-5H2,1-3H3. The molecular weight excluding hydrogens is 160 g/mol. The third kappa shape index (κ3) is 2.46. The van der Waals surface area contributed by atoms with E-state index in [4.69, 9.17) is 14.2 Å². The quantitative estimate of drug-likeness (QED) is 0.557. The van der Waals surface area contributed by atoms with Gasteiger partial charge in [-0.15, -0.1) is 0 Å². The average Bonchev–Trinajstić information content (AvgIpc) is 1.82. The third-order valence-corrected chi connectivity index (χ3v) is 1.63. The number of rotatable bonds is 1. The van der Waals surface area contributed by atoms with E-state index in [1.54, 1.807) is 6.92 Å². The van der Waals surface area contributed by atoms with Crippen LogP contribution in [0.3, 0.4) is 0 Å². The van der Waals surface area contributed by atoms with Gasteiger partial charge in [0.1, 0.15) is 0 Å². The first-order chi connectivity index (χ1) is 5.52. The number of carbonyl (C=O) groups is 1. The SMILES string of the molecule is CC(=O)OC1(C)OCCC(C)O1. The highest BCUT2D eigenvalue weighted by atomic mass is 16.9. The molecule has 1 heterocycles. The zero-order valence-electron chi connectivity index (χ0n) is 7.62. The molecule has 0 N–H and O–H groups in total. The number of esters is 1. The summed E-state index contributed by atoms with van der Waals surface area (Å²) >= 11 is 0. The Morgan fingerprint density at radius 1 is 1.67 bits per heavy atom. The molecule has 4 nitrogen and oxygen atoms in total. The lowest BCUT2D eigenvalue weighted by Gasteiger charge is -2.35. The van der Waals surface area contributed by atoms with Gasteiger partial charge in [0.05, 0.1) is 12.7 Å². The van der Waals surface area contributed by atoms with Crippen LogP contribution in [-0.2, 0) is 19.0 Å². The minimum Gasteiger partial charge on any atom is -0.408 e. The predicted octanol–water partition coefficient (Wildman–Crippen LogP) is 1.05. The van der Waals surface area contributed by atoms with Crippen LogP contribution in [-0.4, -0.2) is 24.7 Å². The lowest BCUT2D eigenvalue weighted by atomic mass is 10.3. The van der Waals surface area contributed by atoms with Crippen LogP contribution in [0.25, 0.3) is 0 Å². The van der Waals surface area contributed by atoms with Gasteiger partial charge in [0, 0.05) is 13.8 Å². The first kappa shape index (κ1) is 9.48. The molecule has 1 saturated heterocycles. The second-order valence-electron chi connectivity index (χ2n) is 3.02. The molecule has 0 saturated carbocycles. The molecule has 1 aliphatic heterocycles. The largest absolute Gasteiger partial charge is 0.408 e. The summed E-state index contributed by atoms with van der Waals surface area (Å²) in [4.78, 5) is 10.6. The van der Waals surface area contributed by atoms with Crippen molar-refractivity contribution in [2.45, 2.75) is 39.3 Å². The summed E-state index contributed by atoms with van der Waals surface area (Å²) in [7, 11) is 0. The van der Waals surface area contributed by atoms with E-state index < -0.39 is 11.9 Å². The van der Waals surface area contributed by atoms with Crippen LogP contribution in [0.4, 0.5) is 0 Å². The summed E-state index contributed by atoms with van der Waals surface area (Å²) in [6.07, 6.45) is 0.903. The van der Waals surface area contributed by atoms with Crippen LogP contribution in [0.1, 0.15) is 27.2 Å². The molecule has 0 amide bonds. The first-order valence-electron chi connectivity index (χ1n) is 4.03. The van der Waals surface area contributed by atoms with E-state index in [0.717, 1.165) is 6.42 Å². The summed E-state index contributed by atoms with van der Waals surface area (Å²) in [5, 5.41) is 0. The van der Waals surface area contributed by atoms with Crippen molar-refractivity contribution in [3.8, 4) is 0 Å². The molecule has 0 aliphatic carbocycles. The van der Waals surface area contributed by atoms with E-state index in [9.17, 15) is 4.79 Å². The Hall–Kier alpha value is -0.610. The molecule has 0 aromatic rings. The fourth-order valence-corrected chi connectivity index (χ4v) is 1.18. The Morgan fingerprint density at radius 2 is 2.33 bits per heavy atom. The molecule has 1 aliphatic rings. The third-order valence-electron chi connectivity index (χ3n) is 1.63. The van der Waals surface area contributed by atoms with Gasteiger partial charge in [-0.1, -0.05) is 0 Å². The van der Waals surface area contributed by atoms with Gasteiger partial charge < -0.3 is 14.2 Å². The van der Waals surface area contributed by atoms with Gasteiger partial charge in [0.25, 0.3) is 0 Å². The summed E-state index contributed by atoms with van der Waals surface area (Å²) in [5.74, 6) is -1.57. The highest BCUT2D eigenvalue weighted by Gasteiger charge is 2.35. The summed E-state index contributed by atoms with van der Waals surface area (Å²) in [6, 6.07) is 0. The van der Waals surface area contributed by atoms with Crippen molar-refractivity contribution >= 4 is 5.97 Å². The van der Waals surface area contributed by atoms with Gasteiger partial charge in [-0.2, -0.15) is 0 Å². The van der Waals surface area contributed by atoms with Crippen molar-refractivity contribution in [3.05, 3.63) is 0 Å². The molecule has 70 valence electrons. The summed E-state index contributed by atoms with van der Waals surface area (Å²) < 4.78 is 15.4. The average molecular weight is 174 g/mol. The van der Waals surface area contributed by atoms with Gasteiger partial charge in [0.15, 0.2) is 0 Å². The molecular formula is C8H14O4. The molecule has 2 atom stereocenters. The second kappa shape index (κ2) is 3.41. The molecule has 4 heteroatoms. The molecule has 0 bridgehead atoms. The van der Waals surface area contributed by atoms with Crippen LogP contribution in [0.2, 0.25) is 0 Å². The number of hydrogen-bond donors (Lipinski definition) is 0. The van der Waals surface area contributed by atoms with Crippen LogP contribution in [0.15, 0.2) is 0 Å². The monoisotopic (exact) mass is 174 g/mol. The predicted molar refractivity (Wildman–Crippen MR) is 41.3 cm³/mol. The van der Waals surface area contributed by atoms with Crippen molar-refractivity contribution in [1.82, 2.24) is 0 Å². The smallest absolute Gasteiger partial charge is 0.326 e. The van der Waals surface area contributed by atoms with Crippen LogP contribution < -0.4 is 0 Å². The number of carbonyl (C=O) groups excluding carboxylic acids is 1. The van der Waals surface area contributed by atoms with Gasteiger partial charge in [0.2, 0.25) is 0 Å². The molecule has 2 unspecified atom stereocenters. The van der Waals surface area contributed by atoms with Crippen molar-refractivity contribution in [2.24, 2.45) is 0 Å². The van der Waals surface area contributed by atoms with E-state index in [0.29, 0.717) is 6.61 Å². The number of ether oxygens (including phenoxy) is 3. The topological polar surface area (TPSA) is 44.8 Å². The molecule has 12 heavy (non-hydrogen) atoms. The van der Waals surface area contributed by atoms with E-state index in [-0.39, 0.29) is 6.10 Å². The zero-order valence-corrected chi connectivity index (χ0v) is 7.62. The highest BCUT2D eigenvalue weighted by Crippen LogP contribution is 2.23.